The molecular weight excluding hydrogens is 422 g/mol. The van der Waals surface area contributed by atoms with Crippen LogP contribution in [-0.4, -0.2) is 27.5 Å². The molecule has 5 rings (SSSR count). The fraction of sp³-hybridized carbons (Fsp3) is 0.304. The molecule has 0 aliphatic carbocycles. The Kier molecular flexibility index (Phi) is 5.02. The van der Waals surface area contributed by atoms with Gasteiger partial charge in [0.2, 0.25) is 5.95 Å². The molecule has 3 heterocycles. The van der Waals surface area contributed by atoms with Crippen molar-refractivity contribution in [2.45, 2.75) is 32.1 Å². The summed E-state index contributed by atoms with van der Waals surface area (Å²) in [6.07, 6.45) is 0. The second-order valence-electron chi connectivity index (χ2n) is 8.08. The van der Waals surface area contributed by atoms with Crippen LogP contribution in [0.5, 0.6) is 0 Å². The lowest BCUT2D eigenvalue weighted by atomic mass is 10.0. The second-order valence-corrected chi connectivity index (χ2v) is 8.52. The maximum absolute atomic E-state index is 15.3. The molecule has 5 nitrogen and oxygen atoms in total. The highest BCUT2D eigenvalue weighted by atomic mass is 35.5. The molecule has 0 bridgehead atoms. The van der Waals surface area contributed by atoms with Gasteiger partial charge >= 0.3 is 5.92 Å². The van der Waals surface area contributed by atoms with Gasteiger partial charge in [-0.1, -0.05) is 54.1 Å². The summed E-state index contributed by atoms with van der Waals surface area (Å²) >= 11 is 5.95. The molecule has 8 heteroatoms. The van der Waals surface area contributed by atoms with Gasteiger partial charge in [-0.05, 0) is 23.3 Å². The van der Waals surface area contributed by atoms with Crippen molar-refractivity contribution in [1.82, 2.24) is 14.5 Å². The Morgan fingerprint density at radius 1 is 0.968 bits per heavy atom. The van der Waals surface area contributed by atoms with Crippen molar-refractivity contribution in [3.05, 3.63) is 92.4 Å². The lowest BCUT2D eigenvalue weighted by Crippen LogP contribution is -2.45. The van der Waals surface area contributed by atoms with Gasteiger partial charge in [-0.25, -0.2) is 0 Å². The van der Waals surface area contributed by atoms with Gasteiger partial charge in [-0.15, -0.1) is 0 Å². The molecule has 2 aliphatic rings. The van der Waals surface area contributed by atoms with Crippen LogP contribution in [0.2, 0.25) is 5.02 Å². The maximum atomic E-state index is 15.3. The van der Waals surface area contributed by atoms with E-state index in [2.05, 4.69) is 4.98 Å². The molecule has 0 N–H and O–H groups in total. The van der Waals surface area contributed by atoms with Crippen molar-refractivity contribution in [3.63, 3.8) is 0 Å². The number of benzene rings is 2. The highest BCUT2D eigenvalue weighted by molar-refractivity contribution is 6.30. The molecule has 31 heavy (non-hydrogen) atoms. The standard InChI is InChI=1S/C23H21ClF2N4O/c24-18-8-6-17(7-9-18)13-29-10-11-30-20-19(21(31)27-22(29)30)14-28(15-23(20,25)26)12-16-4-2-1-3-5-16/h1-9H,10-15H2. The SMILES string of the molecule is O=c1nc2n(c3c1CN(Cc1ccccc1)CC3(F)F)CCN2Cc1ccc(Cl)cc1. The molecule has 0 amide bonds. The summed E-state index contributed by atoms with van der Waals surface area (Å²) in [5, 5.41) is 0.633. The Bertz CT molecular complexity index is 1160. The van der Waals surface area contributed by atoms with Gasteiger partial charge in [0.25, 0.3) is 5.56 Å². The normalized spacial score (nSPS) is 17.5. The van der Waals surface area contributed by atoms with Crippen LogP contribution in [0.4, 0.5) is 14.7 Å². The zero-order valence-electron chi connectivity index (χ0n) is 16.8. The van der Waals surface area contributed by atoms with Gasteiger partial charge in [0, 0.05) is 37.7 Å². The monoisotopic (exact) mass is 442 g/mol. The molecule has 0 atom stereocenters. The van der Waals surface area contributed by atoms with Crippen LogP contribution >= 0.6 is 11.6 Å². The number of rotatable bonds is 4. The minimum absolute atomic E-state index is 0.101. The molecule has 0 saturated heterocycles. The first-order valence-electron chi connectivity index (χ1n) is 10.2. The molecule has 0 radical (unpaired) electrons. The second kappa shape index (κ2) is 7.73. The van der Waals surface area contributed by atoms with Crippen LogP contribution in [0.25, 0.3) is 0 Å². The van der Waals surface area contributed by atoms with E-state index in [4.69, 9.17) is 11.6 Å². The molecule has 160 valence electrons. The van der Waals surface area contributed by atoms with Gasteiger partial charge in [0.15, 0.2) is 0 Å². The predicted molar refractivity (Wildman–Crippen MR) is 115 cm³/mol. The summed E-state index contributed by atoms with van der Waals surface area (Å²) in [5.41, 5.74) is 1.27. The average molecular weight is 443 g/mol. The maximum Gasteiger partial charge on any atom is 0.300 e. The van der Waals surface area contributed by atoms with Gasteiger partial charge in [-0.2, -0.15) is 13.8 Å². The first kappa shape index (κ1) is 20.2. The van der Waals surface area contributed by atoms with Crippen LogP contribution in [0, 0.1) is 0 Å². The van der Waals surface area contributed by atoms with E-state index in [1.54, 1.807) is 17.0 Å². The first-order valence-corrected chi connectivity index (χ1v) is 10.6. The Morgan fingerprint density at radius 3 is 2.42 bits per heavy atom. The number of halogens is 3. The summed E-state index contributed by atoms with van der Waals surface area (Å²) in [6, 6.07) is 16.8. The minimum atomic E-state index is -3.13. The zero-order valence-corrected chi connectivity index (χ0v) is 17.5. The summed E-state index contributed by atoms with van der Waals surface area (Å²) in [7, 11) is 0. The number of hydrogen-bond acceptors (Lipinski definition) is 4. The molecule has 2 aliphatic heterocycles. The van der Waals surface area contributed by atoms with E-state index in [1.807, 2.05) is 47.4 Å². The van der Waals surface area contributed by atoms with E-state index in [0.29, 0.717) is 37.1 Å². The van der Waals surface area contributed by atoms with Crippen LogP contribution in [-0.2, 0) is 32.1 Å². The smallest absolute Gasteiger partial charge is 0.300 e. The van der Waals surface area contributed by atoms with Crippen molar-refractivity contribution in [1.29, 1.82) is 0 Å². The van der Waals surface area contributed by atoms with E-state index >= 15 is 8.78 Å². The molecule has 0 fully saturated rings. The number of alkyl halides is 2. The predicted octanol–water partition coefficient (Wildman–Crippen LogP) is 4.02. The van der Waals surface area contributed by atoms with E-state index in [-0.39, 0.29) is 17.8 Å². The fourth-order valence-electron chi connectivity index (χ4n) is 4.47. The topological polar surface area (TPSA) is 41.4 Å². The summed E-state index contributed by atoms with van der Waals surface area (Å²) in [6.45, 7) is 1.49. The Morgan fingerprint density at radius 2 is 1.68 bits per heavy atom. The van der Waals surface area contributed by atoms with Gasteiger partial charge in [-0.3, -0.25) is 9.69 Å². The average Bonchev–Trinajstić information content (AvgIpc) is 3.12. The number of hydrogen-bond donors (Lipinski definition) is 0. The zero-order chi connectivity index (χ0) is 21.6. The van der Waals surface area contributed by atoms with Gasteiger partial charge in [0.1, 0.15) is 5.69 Å². The molecule has 1 aromatic heterocycles. The fourth-order valence-corrected chi connectivity index (χ4v) is 4.59. The third kappa shape index (κ3) is 3.83. The Hall–Kier alpha value is -2.77. The molecule has 0 spiro atoms. The third-order valence-electron chi connectivity index (χ3n) is 5.82. The van der Waals surface area contributed by atoms with Gasteiger partial charge in [0.05, 0.1) is 12.1 Å². The molecule has 3 aromatic rings. The highest BCUT2D eigenvalue weighted by Crippen LogP contribution is 2.38. The Balaban J connectivity index is 1.47. The van der Waals surface area contributed by atoms with E-state index in [0.717, 1.165) is 11.1 Å². The number of nitrogens with zero attached hydrogens (tertiary/aromatic N) is 4. The van der Waals surface area contributed by atoms with E-state index in [9.17, 15) is 4.79 Å². The van der Waals surface area contributed by atoms with Crippen molar-refractivity contribution in [2.24, 2.45) is 0 Å². The molecule has 0 unspecified atom stereocenters. The van der Waals surface area contributed by atoms with E-state index < -0.39 is 18.0 Å². The van der Waals surface area contributed by atoms with Crippen LogP contribution in [0.1, 0.15) is 22.4 Å². The lowest BCUT2D eigenvalue weighted by molar-refractivity contribution is -0.0621. The largest absolute Gasteiger partial charge is 0.336 e. The highest BCUT2D eigenvalue weighted by Gasteiger charge is 2.46. The summed E-state index contributed by atoms with van der Waals surface area (Å²) in [4.78, 5) is 20.5. The van der Waals surface area contributed by atoms with Crippen molar-refractivity contribution < 1.29 is 8.78 Å². The van der Waals surface area contributed by atoms with E-state index in [1.165, 1.54) is 4.57 Å². The van der Waals surface area contributed by atoms with Gasteiger partial charge < -0.3 is 9.47 Å². The van der Waals surface area contributed by atoms with Crippen molar-refractivity contribution >= 4 is 17.5 Å². The summed E-state index contributed by atoms with van der Waals surface area (Å²) < 4.78 is 32.2. The Labute approximate surface area is 183 Å². The molecule has 0 saturated carbocycles. The lowest BCUT2D eigenvalue weighted by Gasteiger charge is -2.35. The number of fused-ring (bicyclic) bond motifs is 3. The van der Waals surface area contributed by atoms with Crippen LogP contribution in [0.15, 0.2) is 59.4 Å². The first-order chi connectivity index (χ1) is 14.9. The number of anilines is 1. The quantitative estimate of drug-likeness (QED) is 0.612. The van der Waals surface area contributed by atoms with Crippen LogP contribution < -0.4 is 10.5 Å². The summed E-state index contributed by atoms with van der Waals surface area (Å²) in [5.74, 6) is -2.81. The molecule has 2 aromatic carbocycles. The van der Waals surface area contributed by atoms with Crippen molar-refractivity contribution in [2.75, 3.05) is 18.0 Å². The minimum Gasteiger partial charge on any atom is -0.336 e. The number of aromatic nitrogens is 2. The molecular formula is C23H21ClF2N4O. The third-order valence-corrected chi connectivity index (χ3v) is 6.07. The van der Waals surface area contributed by atoms with Crippen LogP contribution in [0.3, 0.4) is 0 Å². The van der Waals surface area contributed by atoms with Crippen molar-refractivity contribution in [3.8, 4) is 0 Å².